The minimum absolute atomic E-state index is 0.248. The highest BCUT2D eigenvalue weighted by Gasteiger charge is 2.29. The minimum atomic E-state index is -0.494. The molecule has 0 bridgehead atoms. The highest BCUT2D eigenvalue weighted by Crippen LogP contribution is 2.32. The molecule has 4 heterocycles. The summed E-state index contributed by atoms with van der Waals surface area (Å²) in [6, 6.07) is 3.22. The van der Waals surface area contributed by atoms with Crippen LogP contribution in [0.2, 0.25) is 0 Å². The minimum Gasteiger partial charge on any atom is -0.444 e. The van der Waals surface area contributed by atoms with E-state index in [1.807, 2.05) is 27.0 Å². The van der Waals surface area contributed by atoms with Gasteiger partial charge in [-0.15, -0.1) is 0 Å². The van der Waals surface area contributed by atoms with Gasteiger partial charge in [0.1, 0.15) is 21.6 Å². The number of amides is 1. The van der Waals surface area contributed by atoms with Gasteiger partial charge >= 0.3 is 6.09 Å². The first-order valence-corrected chi connectivity index (χ1v) is 11.3. The molecule has 0 atom stereocenters. The maximum Gasteiger partial charge on any atom is 0.410 e. The van der Waals surface area contributed by atoms with Gasteiger partial charge in [-0.2, -0.15) is 20.1 Å². The standard InChI is InChI=1S/C21H24FN7O2S/c1-21(2,3)31-20(30)28-7-5-12(6-8-28)16-11-29-19(23-16)32-18(26-29)13-9-14(22)17-15(10-13)24-27(4)25-17/h9-12H,5-8H2,1-4H3. The largest absolute Gasteiger partial charge is 0.444 e. The first-order valence-electron chi connectivity index (χ1n) is 10.5. The Morgan fingerprint density at radius 1 is 1.19 bits per heavy atom. The number of aryl methyl sites for hydroxylation is 1. The summed E-state index contributed by atoms with van der Waals surface area (Å²) in [4.78, 5) is 20.9. The number of benzene rings is 1. The van der Waals surface area contributed by atoms with Crippen molar-refractivity contribution in [3.8, 4) is 10.6 Å². The Morgan fingerprint density at radius 3 is 2.62 bits per heavy atom. The number of fused-ring (bicyclic) bond motifs is 2. The van der Waals surface area contributed by atoms with Crippen molar-refractivity contribution >= 4 is 33.4 Å². The van der Waals surface area contributed by atoms with E-state index in [4.69, 9.17) is 9.72 Å². The molecule has 0 spiro atoms. The molecule has 11 heteroatoms. The second-order valence-electron chi connectivity index (χ2n) is 9.06. The zero-order valence-electron chi connectivity index (χ0n) is 18.4. The Kier molecular flexibility index (Phi) is 4.88. The second-order valence-corrected chi connectivity index (χ2v) is 10.0. The van der Waals surface area contributed by atoms with Gasteiger partial charge < -0.3 is 9.64 Å². The number of ether oxygens (including phenoxy) is 1. The van der Waals surface area contributed by atoms with Crippen LogP contribution in [-0.4, -0.2) is 59.3 Å². The van der Waals surface area contributed by atoms with Crippen molar-refractivity contribution in [2.24, 2.45) is 7.05 Å². The number of aromatic nitrogens is 6. The van der Waals surface area contributed by atoms with Crippen molar-refractivity contribution in [1.82, 2.24) is 34.5 Å². The van der Waals surface area contributed by atoms with Crippen molar-refractivity contribution < 1.29 is 13.9 Å². The van der Waals surface area contributed by atoms with Gasteiger partial charge in [-0.25, -0.2) is 18.7 Å². The maximum atomic E-state index is 14.4. The molecule has 168 valence electrons. The van der Waals surface area contributed by atoms with Gasteiger partial charge in [-0.1, -0.05) is 11.3 Å². The molecule has 0 saturated carbocycles. The molecule has 0 aliphatic carbocycles. The summed E-state index contributed by atoms with van der Waals surface area (Å²) in [6.45, 7) is 6.89. The normalized spacial score (nSPS) is 15.7. The number of piperidine rings is 1. The molecule has 1 aliphatic heterocycles. The lowest BCUT2D eigenvalue weighted by atomic mass is 9.94. The van der Waals surface area contributed by atoms with E-state index >= 15 is 0 Å². The third kappa shape index (κ3) is 3.92. The van der Waals surface area contributed by atoms with Crippen LogP contribution in [-0.2, 0) is 11.8 Å². The molecule has 4 aromatic rings. The van der Waals surface area contributed by atoms with E-state index in [-0.39, 0.29) is 17.5 Å². The van der Waals surface area contributed by atoms with Crippen LogP contribution in [0.25, 0.3) is 26.6 Å². The van der Waals surface area contributed by atoms with Crippen molar-refractivity contribution in [2.75, 3.05) is 13.1 Å². The average molecular weight is 458 g/mol. The number of halogens is 1. The molecule has 3 aromatic heterocycles. The Labute approximate surface area is 187 Å². The topological polar surface area (TPSA) is 90.4 Å². The monoisotopic (exact) mass is 457 g/mol. The van der Waals surface area contributed by atoms with Gasteiger partial charge in [-0.05, 0) is 45.7 Å². The van der Waals surface area contributed by atoms with E-state index in [2.05, 4.69) is 15.3 Å². The van der Waals surface area contributed by atoms with Crippen molar-refractivity contribution in [3.05, 3.63) is 29.8 Å². The lowest BCUT2D eigenvalue weighted by Gasteiger charge is -2.32. The molecule has 9 nitrogen and oxygen atoms in total. The number of hydrogen-bond acceptors (Lipinski definition) is 7. The van der Waals surface area contributed by atoms with Gasteiger partial charge in [0.25, 0.3) is 0 Å². The number of carbonyl (C=O) groups excluding carboxylic acids is 1. The summed E-state index contributed by atoms with van der Waals surface area (Å²) in [5.74, 6) is -0.157. The molecule has 0 N–H and O–H groups in total. The SMILES string of the molecule is Cn1nc2cc(-c3nn4cc(C5CCN(C(=O)OC(C)(C)C)CC5)nc4s3)cc(F)c2n1. The number of rotatable bonds is 2. The fourth-order valence-corrected chi connectivity index (χ4v) is 4.80. The molecule has 1 saturated heterocycles. The Bertz CT molecular complexity index is 1280. The van der Waals surface area contributed by atoms with Gasteiger partial charge in [0.05, 0.1) is 11.9 Å². The van der Waals surface area contributed by atoms with Crippen molar-refractivity contribution in [2.45, 2.75) is 45.1 Å². The van der Waals surface area contributed by atoms with E-state index < -0.39 is 11.4 Å². The predicted octanol–water partition coefficient (Wildman–Crippen LogP) is 3.99. The Hall–Kier alpha value is -3.08. The Balaban J connectivity index is 1.31. The lowest BCUT2D eigenvalue weighted by molar-refractivity contribution is 0.0204. The van der Waals surface area contributed by atoms with Crippen LogP contribution < -0.4 is 0 Å². The fourth-order valence-electron chi connectivity index (χ4n) is 3.92. The van der Waals surface area contributed by atoms with Crippen LogP contribution in [0, 0.1) is 5.82 Å². The van der Waals surface area contributed by atoms with Crippen LogP contribution >= 0.6 is 11.3 Å². The van der Waals surface area contributed by atoms with Crippen LogP contribution in [0.4, 0.5) is 9.18 Å². The van der Waals surface area contributed by atoms with Crippen LogP contribution in [0.5, 0.6) is 0 Å². The van der Waals surface area contributed by atoms with E-state index in [1.54, 1.807) is 22.5 Å². The van der Waals surface area contributed by atoms with Gasteiger partial charge in [0.15, 0.2) is 5.82 Å². The zero-order chi connectivity index (χ0) is 22.6. The third-order valence-corrected chi connectivity index (χ3v) is 6.39. The third-order valence-electron chi connectivity index (χ3n) is 5.41. The quantitative estimate of drug-likeness (QED) is 0.452. The zero-order valence-corrected chi connectivity index (χ0v) is 19.2. The summed E-state index contributed by atoms with van der Waals surface area (Å²) >= 11 is 1.41. The number of imidazole rings is 1. The van der Waals surface area contributed by atoms with E-state index in [1.165, 1.54) is 22.2 Å². The molecule has 32 heavy (non-hydrogen) atoms. The molecular formula is C21H24FN7O2S. The lowest BCUT2D eigenvalue weighted by Crippen LogP contribution is -2.41. The fraction of sp³-hybridized carbons (Fsp3) is 0.476. The van der Waals surface area contributed by atoms with Crippen LogP contribution in [0.1, 0.15) is 45.2 Å². The molecule has 1 fully saturated rings. The Morgan fingerprint density at radius 2 is 1.94 bits per heavy atom. The van der Waals surface area contributed by atoms with Crippen LogP contribution in [0.15, 0.2) is 18.3 Å². The predicted molar refractivity (Wildman–Crippen MR) is 118 cm³/mol. The van der Waals surface area contributed by atoms with Crippen molar-refractivity contribution in [3.63, 3.8) is 0 Å². The second kappa shape index (κ2) is 7.51. The van der Waals surface area contributed by atoms with Crippen LogP contribution in [0.3, 0.4) is 0 Å². The highest BCUT2D eigenvalue weighted by atomic mass is 32.1. The van der Waals surface area contributed by atoms with Gasteiger partial charge in [0, 0.05) is 31.6 Å². The van der Waals surface area contributed by atoms with Crippen molar-refractivity contribution in [1.29, 1.82) is 0 Å². The van der Waals surface area contributed by atoms with E-state index in [0.29, 0.717) is 29.2 Å². The average Bonchev–Trinajstić information content (AvgIpc) is 3.39. The number of hydrogen-bond donors (Lipinski definition) is 0. The summed E-state index contributed by atoms with van der Waals surface area (Å²) in [7, 11) is 1.66. The first kappa shape index (κ1) is 20.8. The smallest absolute Gasteiger partial charge is 0.410 e. The van der Waals surface area contributed by atoms with Gasteiger partial charge in [-0.3, -0.25) is 0 Å². The number of likely N-dealkylation sites (tertiary alicyclic amines) is 1. The number of nitrogens with zero attached hydrogens (tertiary/aromatic N) is 7. The van der Waals surface area contributed by atoms with E-state index in [9.17, 15) is 9.18 Å². The summed E-state index contributed by atoms with van der Waals surface area (Å²) < 4.78 is 21.6. The molecule has 0 radical (unpaired) electrons. The molecule has 1 amide bonds. The van der Waals surface area contributed by atoms with Gasteiger partial charge in [0.2, 0.25) is 4.96 Å². The summed E-state index contributed by atoms with van der Waals surface area (Å²) in [5, 5.41) is 13.5. The van der Waals surface area contributed by atoms with E-state index in [0.717, 1.165) is 23.5 Å². The maximum absolute atomic E-state index is 14.4. The first-order chi connectivity index (χ1) is 15.2. The molecular weight excluding hydrogens is 433 g/mol. The molecule has 5 rings (SSSR count). The molecule has 1 aromatic carbocycles. The molecule has 1 aliphatic rings. The summed E-state index contributed by atoms with van der Waals surface area (Å²) in [5.41, 5.74) is 1.87. The number of carbonyl (C=O) groups is 1. The highest BCUT2D eigenvalue weighted by molar-refractivity contribution is 7.19. The molecule has 0 unspecified atom stereocenters. The summed E-state index contributed by atoms with van der Waals surface area (Å²) in [6.07, 6.45) is 3.32.